The quantitative estimate of drug-likeness (QED) is 0.714. The van der Waals surface area contributed by atoms with Crippen molar-refractivity contribution in [1.29, 1.82) is 0 Å². The Morgan fingerprint density at radius 3 is 2.67 bits per heavy atom. The van der Waals surface area contributed by atoms with Crippen molar-refractivity contribution in [2.75, 3.05) is 7.05 Å². The molecule has 0 unspecified atom stereocenters. The summed E-state index contributed by atoms with van der Waals surface area (Å²) in [6.45, 7) is 1.37. The zero-order valence-corrected chi connectivity index (χ0v) is 11.7. The molecule has 3 heterocycles. The maximum atomic E-state index is 5.29. The third-order valence-corrected chi connectivity index (χ3v) is 2.99. The van der Waals surface area contributed by atoms with Crippen LogP contribution < -0.4 is 0 Å². The molecule has 3 aromatic heterocycles. The van der Waals surface area contributed by atoms with Gasteiger partial charge in [0.15, 0.2) is 0 Å². The summed E-state index contributed by atoms with van der Waals surface area (Å²) in [5, 5.41) is 3.99. The van der Waals surface area contributed by atoms with E-state index in [1.165, 1.54) is 0 Å². The molecule has 6 heteroatoms. The Hall–Kier alpha value is -2.60. The molecule has 0 aliphatic carbocycles. The van der Waals surface area contributed by atoms with Gasteiger partial charge in [0.25, 0.3) is 0 Å². The van der Waals surface area contributed by atoms with Crippen LogP contribution in [0.5, 0.6) is 0 Å². The zero-order valence-electron chi connectivity index (χ0n) is 11.7. The van der Waals surface area contributed by atoms with E-state index in [-0.39, 0.29) is 0 Å². The van der Waals surface area contributed by atoms with Gasteiger partial charge in [0.05, 0.1) is 6.54 Å². The van der Waals surface area contributed by atoms with E-state index in [0.717, 1.165) is 17.7 Å². The van der Waals surface area contributed by atoms with Crippen LogP contribution in [0.2, 0.25) is 0 Å². The maximum Gasteiger partial charge on any atom is 0.241 e. The highest BCUT2D eigenvalue weighted by Gasteiger charge is 2.10. The fraction of sp³-hybridized carbons (Fsp3) is 0.200. The lowest BCUT2D eigenvalue weighted by molar-refractivity contribution is 0.260. The number of hydrogen-bond donors (Lipinski definition) is 0. The van der Waals surface area contributed by atoms with Gasteiger partial charge in [-0.15, -0.1) is 0 Å². The van der Waals surface area contributed by atoms with Gasteiger partial charge in [-0.1, -0.05) is 11.2 Å². The number of hydrogen-bond acceptors (Lipinski definition) is 6. The minimum atomic E-state index is 0.585. The lowest BCUT2D eigenvalue weighted by Crippen LogP contribution is -2.17. The van der Waals surface area contributed by atoms with E-state index >= 15 is 0 Å². The number of nitrogens with zero attached hydrogens (tertiary/aromatic N) is 5. The van der Waals surface area contributed by atoms with Crippen molar-refractivity contribution in [3.05, 3.63) is 60.5 Å². The largest absolute Gasteiger partial charge is 0.338 e. The Morgan fingerprint density at radius 2 is 1.90 bits per heavy atom. The lowest BCUT2D eigenvalue weighted by Gasteiger charge is -2.13. The van der Waals surface area contributed by atoms with E-state index in [1.54, 1.807) is 18.6 Å². The van der Waals surface area contributed by atoms with Crippen LogP contribution in [-0.2, 0) is 13.1 Å². The van der Waals surface area contributed by atoms with Crippen LogP contribution in [0.4, 0.5) is 0 Å². The van der Waals surface area contributed by atoms with E-state index in [0.29, 0.717) is 18.3 Å². The first-order valence-corrected chi connectivity index (χ1v) is 6.62. The topological polar surface area (TPSA) is 67.9 Å². The Kier molecular flexibility index (Phi) is 3.97. The van der Waals surface area contributed by atoms with Gasteiger partial charge >= 0.3 is 0 Å². The second-order valence-corrected chi connectivity index (χ2v) is 4.78. The second-order valence-electron chi connectivity index (χ2n) is 4.78. The average Bonchev–Trinajstić information content (AvgIpc) is 2.97. The predicted molar refractivity (Wildman–Crippen MR) is 76.9 cm³/mol. The van der Waals surface area contributed by atoms with Crippen LogP contribution >= 0.6 is 0 Å². The molecule has 0 saturated heterocycles. The highest BCUT2D eigenvalue weighted by Crippen LogP contribution is 2.15. The molecular weight excluding hydrogens is 266 g/mol. The number of pyridine rings is 2. The van der Waals surface area contributed by atoms with Crippen molar-refractivity contribution in [2.45, 2.75) is 13.1 Å². The minimum Gasteiger partial charge on any atom is -0.338 e. The molecule has 0 spiro atoms. The van der Waals surface area contributed by atoms with E-state index in [1.807, 2.05) is 37.5 Å². The molecule has 0 saturated carbocycles. The average molecular weight is 281 g/mol. The van der Waals surface area contributed by atoms with Crippen molar-refractivity contribution in [3.63, 3.8) is 0 Å². The van der Waals surface area contributed by atoms with Crippen molar-refractivity contribution in [1.82, 2.24) is 25.0 Å². The van der Waals surface area contributed by atoms with Crippen LogP contribution in [0, 0.1) is 0 Å². The first kappa shape index (κ1) is 13.4. The van der Waals surface area contributed by atoms with Gasteiger partial charge in [-0.3, -0.25) is 14.9 Å². The van der Waals surface area contributed by atoms with Gasteiger partial charge in [0, 0.05) is 36.9 Å². The van der Waals surface area contributed by atoms with Crippen LogP contribution in [0.3, 0.4) is 0 Å². The normalized spacial score (nSPS) is 11.0. The Balaban J connectivity index is 1.65. The molecule has 0 aliphatic rings. The molecule has 3 rings (SSSR count). The van der Waals surface area contributed by atoms with Crippen molar-refractivity contribution < 1.29 is 4.52 Å². The van der Waals surface area contributed by atoms with E-state index in [2.05, 4.69) is 25.0 Å². The second kappa shape index (κ2) is 6.23. The monoisotopic (exact) mass is 281 g/mol. The molecule has 3 aromatic rings. The Bertz CT molecular complexity index is 684. The smallest absolute Gasteiger partial charge is 0.241 e. The molecule has 0 atom stereocenters. The third-order valence-electron chi connectivity index (χ3n) is 2.99. The number of rotatable bonds is 5. The molecule has 0 bridgehead atoms. The molecule has 0 fully saturated rings. The zero-order chi connectivity index (χ0) is 14.5. The minimum absolute atomic E-state index is 0.585. The molecule has 0 amide bonds. The van der Waals surface area contributed by atoms with Crippen molar-refractivity contribution >= 4 is 0 Å². The summed E-state index contributed by atoms with van der Waals surface area (Å²) in [4.78, 5) is 14.6. The third kappa shape index (κ3) is 3.49. The first-order valence-electron chi connectivity index (χ1n) is 6.62. The summed E-state index contributed by atoms with van der Waals surface area (Å²) < 4.78 is 5.29. The Morgan fingerprint density at radius 1 is 1.05 bits per heavy atom. The summed E-state index contributed by atoms with van der Waals surface area (Å²) in [6.07, 6.45) is 7.04. The molecule has 21 heavy (non-hydrogen) atoms. The van der Waals surface area contributed by atoms with Gasteiger partial charge in [-0.05, 0) is 30.8 Å². The van der Waals surface area contributed by atoms with Gasteiger partial charge in [-0.25, -0.2) is 0 Å². The summed E-state index contributed by atoms with van der Waals surface area (Å²) in [7, 11) is 2.00. The summed E-state index contributed by atoms with van der Waals surface area (Å²) in [5.41, 5.74) is 2.05. The van der Waals surface area contributed by atoms with Crippen LogP contribution in [0.15, 0.2) is 53.6 Å². The molecule has 0 aliphatic heterocycles. The van der Waals surface area contributed by atoms with E-state index in [4.69, 9.17) is 4.52 Å². The van der Waals surface area contributed by atoms with E-state index in [9.17, 15) is 0 Å². The summed E-state index contributed by atoms with van der Waals surface area (Å²) >= 11 is 0. The molecule has 0 N–H and O–H groups in total. The molecule has 6 nitrogen and oxygen atoms in total. The molecular formula is C15H15N5O. The highest BCUT2D eigenvalue weighted by atomic mass is 16.5. The van der Waals surface area contributed by atoms with Gasteiger partial charge in [0.1, 0.15) is 0 Å². The van der Waals surface area contributed by atoms with Gasteiger partial charge in [-0.2, -0.15) is 4.98 Å². The predicted octanol–water partition coefficient (Wildman–Crippen LogP) is 2.16. The van der Waals surface area contributed by atoms with Crippen LogP contribution in [0.1, 0.15) is 11.5 Å². The fourth-order valence-corrected chi connectivity index (χ4v) is 2.03. The summed E-state index contributed by atoms with van der Waals surface area (Å²) in [6, 6.07) is 7.68. The Labute approximate surface area is 122 Å². The number of aromatic nitrogens is 4. The standard InChI is InChI=1S/C15H15N5O/c1-20(10-12-3-2-6-17-9-12)11-14-18-15(19-21-14)13-4-7-16-8-5-13/h2-9H,10-11H2,1H3. The van der Waals surface area contributed by atoms with Gasteiger partial charge in [0.2, 0.25) is 11.7 Å². The fourth-order valence-electron chi connectivity index (χ4n) is 2.03. The molecule has 0 radical (unpaired) electrons. The van der Waals surface area contributed by atoms with Crippen molar-refractivity contribution in [3.8, 4) is 11.4 Å². The molecule has 0 aromatic carbocycles. The van der Waals surface area contributed by atoms with Crippen LogP contribution in [0.25, 0.3) is 11.4 Å². The summed E-state index contributed by atoms with van der Waals surface area (Å²) in [5.74, 6) is 1.18. The van der Waals surface area contributed by atoms with Gasteiger partial charge < -0.3 is 4.52 Å². The SMILES string of the molecule is CN(Cc1cccnc1)Cc1nc(-c2ccncc2)no1. The maximum absolute atomic E-state index is 5.29. The van der Waals surface area contributed by atoms with E-state index < -0.39 is 0 Å². The van der Waals surface area contributed by atoms with Crippen LogP contribution in [-0.4, -0.2) is 32.1 Å². The first-order chi connectivity index (χ1) is 10.3. The highest BCUT2D eigenvalue weighted by molar-refractivity contribution is 5.52. The lowest BCUT2D eigenvalue weighted by atomic mass is 10.2. The molecule has 106 valence electrons. The van der Waals surface area contributed by atoms with Crippen molar-refractivity contribution in [2.24, 2.45) is 0 Å².